The minimum Gasteiger partial charge on any atom is -0.461 e. The fourth-order valence-electron chi connectivity index (χ4n) is 2.39. The Balaban J connectivity index is 1.91. The largest absolute Gasteiger partial charge is 0.461 e. The Hall–Kier alpha value is -1.83. The van der Waals surface area contributed by atoms with Crippen molar-refractivity contribution >= 4 is 40.6 Å². The van der Waals surface area contributed by atoms with E-state index in [0.29, 0.717) is 38.7 Å². The van der Waals surface area contributed by atoms with Crippen molar-refractivity contribution in [3.63, 3.8) is 0 Å². The van der Waals surface area contributed by atoms with Crippen LogP contribution in [0.2, 0.25) is 4.34 Å². The number of aryl methyl sites for hydroxylation is 1. The molecule has 0 unspecified atom stereocenters. The molecular weight excluding hydrogens is 378 g/mol. The molecule has 0 aliphatic carbocycles. The normalized spacial score (nSPS) is 10.9. The molecule has 3 heterocycles. The smallest absolute Gasteiger partial charge is 0.258 e. The van der Waals surface area contributed by atoms with Crippen LogP contribution in [0.4, 0.5) is 0 Å². The van der Waals surface area contributed by atoms with E-state index in [1.54, 1.807) is 30.3 Å². The van der Waals surface area contributed by atoms with Crippen molar-refractivity contribution in [1.82, 2.24) is 14.9 Å². The van der Waals surface area contributed by atoms with Gasteiger partial charge in [-0.15, -0.1) is 23.1 Å². The van der Waals surface area contributed by atoms with E-state index in [4.69, 9.17) is 16.0 Å². The van der Waals surface area contributed by atoms with Crippen LogP contribution in [0.1, 0.15) is 20.9 Å². The summed E-state index contributed by atoms with van der Waals surface area (Å²) in [7, 11) is 1.76. The Labute approximate surface area is 159 Å². The maximum Gasteiger partial charge on any atom is 0.258 e. The van der Waals surface area contributed by atoms with Gasteiger partial charge in [0, 0.05) is 11.9 Å². The first-order valence-corrected chi connectivity index (χ1v) is 9.87. The van der Waals surface area contributed by atoms with E-state index in [9.17, 15) is 4.79 Å². The first-order valence-electron chi connectivity index (χ1n) is 7.45. The van der Waals surface area contributed by atoms with Crippen LogP contribution in [0.25, 0.3) is 11.6 Å². The summed E-state index contributed by atoms with van der Waals surface area (Å²) < 4.78 is 6.07. The lowest BCUT2D eigenvalue weighted by Gasteiger charge is -2.19. The number of hydrogen-bond donors (Lipinski definition) is 0. The van der Waals surface area contributed by atoms with Gasteiger partial charge in [-0.1, -0.05) is 11.6 Å². The predicted octanol–water partition coefficient (Wildman–Crippen LogP) is 4.75. The van der Waals surface area contributed by atoms with Crippen molar-refractivity contribution in [1.29, 1.82) is 0 Å². The maximum atomic E-state index is 12.9. The van der Waals surface area contributed by atoms with Crippen molar-refractivity contribution in [2.24, 2.45) is 0 Å². The molecule has 8 heteroatoms. The molecule has 1 amide bonds. The highest BCUT2D eigenvalue weighted by Crippen LogP contribution is 2.27. The molecular formula is C17H16ClN3O2S2. The summed E-state index contributed by atoms with van der Waals surface area (Å²) in [6.45, 7) is 2.31. The molecule has 0 bridgehead atoms. The fraction of sp³-hybridized carbons (Fsp3) is 0.235. The number of aromatic nitrogens is 2. The molecule has 5 nitrogen and oxygen atoms in total. The molecule has 3 rings (SSSR count). The van der Waals surface area contributed by atoms with Gasteiger partial charge in [-0.25, -0.2) is 9.97 Å². The average molecular weight is 394 g/mol. The Bertz CT molecular complexity index is 893. The van der Waals surface area contributed by atoms with Crippen LogP contribution in [0, 0.1) is 6.92 Å². The van der Waals surface area contributed by atoms with Crippen molar-refractivity contribution in [3.05, 3.63) is 51.0 Å². The van der Waals surface area contributed by atoms with Gasteiger partial charge in [0.1, 0.15) is 5.03 Å². The van der Waals surface area contributed by atoms with Crippen molar-refractivity contribution in [2.75, 3.05) is 13.3 Å². The summed E-state index contributed by atoms with van der Waals surface area (Å²) in [6, 6.07) is 7.34. The minimum atomic E-state index is -0.114. The molecule has 0 fully saturated rings. The van der Waals surface area contributed by atoms with Gasteiger partial charge < -0.3 is 9.32 Å². The van der Waals surface area contributed by atoms with Crippen LogP contribution in [0.5, 0.6) is 0 Å². The molecule has 0 saturated heterocycles. The number of furan rings is 1. The van der Waals surface area contributed by atoms with Gasteiger partial charge in [0.2, 0.25) is 0 Å². The summed E-state index contributed by atoms with van der Waals surface area (Å²) in [6.07, 6.45) is 3.47. The molecule has 0 aromatic carbocycles. The minimum absolute atomic E-state index is 0.114. The highest BCUT2D eigenvalue weighted by molar-refractivity contribution is 7.98. The van der Waals surface area contributed by atoms with Gasteiger partial charge in [-0.05, 0) is 37.4 Å². The summed E-state index contributed by atoms with van der Waals surface area (Å²) in [5, 5.41) is 0.639. The second-order valence-corrected chi connectivity index (χ2v) is 7.96. The molecule has 3 aromatic rings. The van der Waals surface area contributed by atoms with E-state index in [1.807, 2.05) is 25.3 Å². The molecule has 0 N–H and O–H groups in total. The molecule has 130 valence electrons. The summed E-state index contributed by atoms with van der Waals surface area (Å²) in [4.78, 5) is 24.6. The lowest BCUT2D eigenvalue weighted by Crippen LogP contribution is -2.27. The molecule has 0 spiro atoms. The number of hydrogen-bond acceptors (Lipinski definition) is 6. The van der Waals surface area contributed by atoms with E-state index in [1.165, 1.54) is 23.1 Å². The van der Waals surface area contributed by atoms with Gasteiger partial charge in [0.25, 0.3) is 5.91 Å². The molecule has 0 radical (unpaired) electrons. The number of amides is 1. The lowest BCUT2D eigenvalue weighted by atomic mass is 10.2. The van der Waals surface area contributed by atoms with Gasteiger partial charge in [0.15, 0.2) is 11.6 Å². The Morgan fingerprint density at radius 1 is 1.36 bits per heavy atom. The number of thioether (sulfide) groups is 1. The first kappa shape index (κ1) is 18.0. The van der Waals surface area contributed by atoms with Gasteiger partial charge in [0.05, 0.1) is 28.4 Å². The molecule has 25 heavy (non-hydrogen) atoms. The third-order valence-corrected chi connectivity index (χ3v) is 5.47. The monoisotopic (exact) mass is 393 g/mol. The van der Waals surface area contributed by atoms with Crippen LogP contribution in [0.15, 0.2) is 40.0 Å². The van der Waals surface area contributed by atoms with Crippen LogP contribution >= 0.6 is 34.7 Å². The number of carbonyl (C=O) groups is 1. The summed E-state index contributed by atoms with van der Waals surface area (Å²) in [5.41, 5.74) is 1.15. The maximum absolute atomic E-state index is 12.9. The molecule has 0 saturated carbocycles. The first-order chi connectivity index (χ1) is 12.0. The number of halogens is 1. The number of thiophene rings is 1. The molecule has 3 aromatic heterocycles. The Morgan fingerprint density at radius 2 is 2.16 bits per heavy atom. The van der Waals surface area contributed by atoms with E-state index in [2.05, 4.69) is 9.97 Å². The van der Waals surface area contributed by atoms with Crippen LogP contribution < -0.4 is 0 Å². The summed E-state index contributed by atoms with van der Waals surface area (Å²) >= 11 is 8.85. The number of carbonyl (C=O) groups excluding carboxylic acids is 1. The zero-order chi connectivity index (χ0) is 18.0. The van der Waals surface area contributed by atoms with Crippen molar-refractivity contribution in [3.8, 4) is 11.6 Å². The quantitative estimate of drug-likeness (QED) is 0.462. The Morgan fingerprint density at radius 3 is 2.76 bits per heavy atom. The van der Waals surface area contributed by atoms with Gasteiger partial charge >= 0.3 is 0 Å². The van der Waals surface area contributed by atoms with Crippen LogP contribution in [-0.4, -0.2) is 34.1 Å². The van der Waals surface area contributed by atoms with Gasteiger partial charge in [-0.2, -0.15) is 0 Å². The topological polar surface area (TPSA) is 59.2 Å². The van der Waals surface area contributed by atoms with Crippen LogP contribution in [0.3, 0.4) is 0 Å². The highest BCUT2D eigenvalue weighted by atomic mass is 35.5. The Kier molecular flexibility index (Phi) is 5.46. The van der Waals surface area contributed by atoms with E-state index >= 15 is 0 Å². The highest BCUT2D eigenvalue weighted by Gasteiger charge is 2.23. The third kappa shape index (κ3) is 3.89. The second-order valence-electron chi connectivity index (χ2n) is 5.36. The molecule has 0 atom stereocenters. The zero-order valence-electron chi connectivity index (χ0n) is 13.9. The van der Waals surface area contributed by atoms with Crippen molar-refractivity contribution < 1.29 is 9.21 Å². The van der Waals surface area contributed by atoms with E-state index in [-0.39, 0.29) is 5.91 Å². The van der Waals surface area contributed by atoms with E-state index in [0.717, 1.165) is 4.88 Å². The van der Waals surface area contributed by atoms with E-state index < -0.39 is 0 Å². The van der Waals surface area contributed by atoms with Crippen molar-refractivity contribution in [2.45, 2.75) is 18.5 Å². The standard InChI is InChI=1S/C17H16ClN3O2S2/c1-10-14(17(22)21(2)9-11-6-7-13(18)25-11)16(24-3)20-15(19-10)12-5-4-8-23-12/h4-8H,9H2,1-3H3. The average Bonchev–Trinajstić information content (AvgIpc) is 3.25. The fourth-order valence-corrected chi connectivity index (χ4v) is 4.15. The molecule has 0 aliphatic rings. The molecule has 0 aliphatic heterocycles. The van der Waals surface area contributed by atoms with Gasteiger partial charge in [-0.3, -0.25) is 4.79 Å². The third-order valence-electron chi connectivity index (χ3n) is 3.57. The second kappa shape index (κ2) is 7.59. The predicted molar refractivity (Wildman–Crippen MR) is 101 cm³/mol. The number of nitrogens with zero attached hydrogens (tertiary/aromatic N) is 3. The zero-order valence-corrected chi connectivity index (χ0v) is 16.3. The summed E-state index contributed by atoms with van der Waals surface area (Å²) in [5.74, 6) is 0.951. The van der Waals surface area contributed by atoms with Crippen LogP contribution in [-0.2, 0) is 6.54 Å². The SMILES string of the molecule is CSc1nc(-c2ccco2)nc(C)c1C(=O)N(C)Cc1ccc(Cl)s1. The number of rotatable bonds is 5. The lowest BCUT2D eigenvalue weighted by molar-refractivity contribution is 0.0781.